The molecule has 0 spiro atoms. The van der Waals surface area contributed by atoms with Crippen LogP contribution < -0.4 is 4.52 Å². The fourth-order valence-electron chi connectivity index (χ4n) is 3.39. The maximum absolute atomic E-state index is 11.4. The van der Waals surface area contributed by atoms with Gasteiger partial charge in [-0.1, -0.05) is 52.7 Å². The lowest BCUT2D eigenvalue weighted by atomic mass is 9.81. The summed E-state index contributed by atoms with van der Waals surface area (Å²) in [7, 11) is -4.56. The molecule has 0 heterocycles. The van der Waals surface area contributed by atoms with E-state index >= 15 is 0 Å². The van der Waals surface area contributed by atoms with Gasteiger partial charge in [0.2, 0.25) is 0 Å². The first-order chi connectivity index (χ1) is 10.9. The SMILES string of the molecule is CCCC(CC)c1cccc(OP(=O)(O)O)c1C(CC)CCC. The molecule has 0 bridgehead atoms. The smallest absolute Gasteiger partial charge is 0.404 e. The minimum Gasteiger partial charge on any atom is -0.404 e. The van der Waals surface area contributed by atoms with Crippen molar-refractivity contribution in [1.82, 2.24) is 0 Å². The topological polar surface area (TPSA) is 66.8 Å². The van der Waals surface area contributed by atoms with Crippen molar-refractivity contribution < 1.29 is 18.9 Å². The molecule has 0 aliphatic heterocycles. The van der Waals surface area contributed by atoms with E-state index in [1.165, 1.54) is 5.56 Å². The number of hydrogen-bond donors (Lipinski definition) is 2. The third-order valence-corrected chi connectivity index (χ3v) is 4.86. The monoisotopic (exact) mass is 342 g/mol. The molecule has 132 valence electrons. The van der Waals surface area contributed by atoms with Crippen LogP contribution in [-0.4, -0.2) is 9.79 Å². The van der Waals surface area contributed by atoms with Gasteiger partial charge in [-0.05, 0) is 49.1 Å². The molecule has 1 rings (SSSR count). The van der Waals surface area contributed by atoms with Gasteiger partial charge in [0.15, 0.2) is 0 Å². The molecule has 0 amide bonds. The summed E-state index contributed by atoms with van der Waals surface area (Å²) in [5, 5.41) is 0. The maximum Gasteiger partial charge on any atom is 0.524 e. The number of benzene rings is 1. The molecular formula is C18H31O4P. The van der Waals surface area contributed by atoms with Gasteiger partial charge < -0.3 is 4.52 Å². The molecular weight excluding hydrogens is 311 g/mol. The van der Waals surface area contributed by atoms with Crippen LogP contribution in [0.2, 0.25) is 0 Å². The highest BCUT2D eigenvalue weighted by molar-refractivity contribution is 7.46. The summed E-state index contributed by atoms with van der Waals surface area (Å²) in [6.07, 6.45) is 6.14. The fraction of sp³-hybridized carbons (Fsp3) is 0.667. The van der Waals surface area contributed by atoms with Crippen molar-refractivity contribution >= 4 is 7.82 Å². The van der Waals surface area contributed by atoms with Crippen molar-refractivity contribution in [2.45, 2.75) is 78.1 Å². The van der Waals surface area contributed by atoms with E-state index in [4.69, 9.17) is 4.52 Å². The molecule has 0 radical (unpaired) electrons. The van der Waals surface area contributed by atoms with Crippen LogP contribution in [0.5, 0.6) is 5.75 Å². The second-order valence-electron chi connectivity index (χ2n) is 6.13. The summed E-state index contributed by atoms with van der Waals surface area (Å²) in [6.45, 7) is 8.60. The molecule has 0 saturated carbocycles. The minimum absolute atomic E-state index is 0.267. The molecule has 0 aliphatic carbocycles. The van der Waals surface area contributed by atoms with Gasteiger partial charge in [0, 0.05) is 5.56 Å². The number of hydrogen-bond acceptors (Lipinski definition) is 2. The predicted molar refractivity (Wildman–Crippen MR) is 95.0 cm³/mol. The molecule has 1 aromatic rings. The highest BCUT2D eigenvalue weighted by Gasteiger charge is 2.26. The van der Waals surface area contributed by atoms with Crippen LogP contribution in [0.15, 0.2) is 18.2 Å². The van der Waals surface area contributed by atoms with Crippen LogP contribution >= 0.6 is 7.82 Å². The second-order valence-corrected chi connectivity index (χ2v) is 7.29. The van der Waals surface area contributed by atoms with Crippen LogP contribution in [0.3, 0.4) is 0 Å². The van der Waals surface area contributed by atoms with Crippen molar-refractivity contribution in [3.8, 4) is 5.75 Å². The number of phosphoric acid groups is 1. The zero-order valence-corrected chi connectivity index (χ0v) is 15.7. The Balaban J connectivity index is 3.43. The van der Waals surface area contributed by atoms with Gasteiger partial charge in [-0.3, -0.25) is 9.79 Å². The van der Waals surface area contributed by atoms with Gasteiger partial charge in [0.1, 0.15) is 5.75 Å². The van der Waals surface area contributed by atoms with Crippen molar-refractivity contribution in [1.29, 1.82) is 0 Å². The highest BCUT2D eigenvalue weighted by atomic mass is 31.2. The summed E-state index contributed by atoms with van der Waals surface area (Å²) in [5.74, 6) is 1.02. The summed E-state index contributed by atoms with van der Waals surface area (Å²) in [4.78, 5) is 18.5. The zero-order chi connectivity index (χ0) is 17.5. The third kappa shape index (κ3) is 5.95. The van der Waals surface area contributed by atoms with E-state index in [1.807, 2.05) is 6.07 Å². The summed E-state index contributed by atoms with van der Waals surface area (Å²) >= 11 is 0. The normalized spacial score (nSPS) is 14.5. The first-order valence-corrected chi connectivity index (χ1v) is 10.3. The van der Waals surface area contributed by atoms with Crippen LogP contribution in [0.1, 0.15) is 89.2 Å². The van der Waals surface area contributed by atoms with Gasteiger partial charge in [0.05, 0.1) is 0 Å². The molecule has 0 fully saturated rings. The molecule has 4 nitrogen and oxygen atoms in total. The van der Waals surface area contributed by atoms with Gasteiger partial charge in [0.25, 0.3) is 0 Å². The van der Waals surface area contributed by atoms with Crippen LogP contribution in [0.4, 0.5) is 0 Å². The van der Waals surface area contributed by atoms with Crippen LogP contribution in [0, 0.1) is 0 Å². The Bertz CT molecular complexity index is 524. The van der Waals surface area contributed by atoms with Gasteiger partial charge >= 0.3 is 7.82 Å². The first-order valence-electron chi connectivity index (χ1n) is 8.75. The highest BCUT2D eigenvalue weighted by Crippen LogP contribution is 2.46. The van der Waals surface area contributed by atoms with Crippen molar-refractivity contribution in [3.05, 3.63) is 29.3 Å². The Hall–Kier alpha value is -0.830. The fourth-order valence-corrected chi connectivity index (χ4v) is 3.81. The molecule has 1 aromatic carbocycles. The Morgan fingerprint density at radius 2 is 1.57 bits per heavy atom. The van der Waals surface area contributed by atoms with E-state index in [9.17, 15) is 14.4 Å². The second kappa shape index (κ2) is 9.46. The minimum atomic E-state index is -4.56. The molecule has 0 aromatic heterocycles. The predicted octanol–water partition coefficient (Wildman–Crippen LogP) is 5.75. The van der Waals surface area contributed by atoms with Crippen LogP contribution in [0.25, 0.3) is 0 Å². The van der Waals surface area contributed by atoms with E-state index in [0.29, 0.717) is 11.7 Å². The Morgan fingerprint density at radius 3 is 2.04 bits per heavy atom. The lowest BCUT2D eigenvalue weighted by Crippen LogP contribution is -2.09. The lowest BCUT2D eigenvalue weighted by Gasteiger charge is -2.26. The summed E-state index contributed by atoms with van der Waals surface area (Å²) in [6, 6.07) is 5.64. The number of rotatable bonds is 10. The molecule has 0 saturated heterocycles. The van der Waals surface area contributed by atoms with E-state index < -0.39 is 7.82 Å². The first kappa shape index (κ1) is 20.2. The quantitative estimate of drug-likeness (QED) is 0.532. The molecule has 2 atom stereocenters. The zero-order valence-electron chi connectivity index (χ0n) is 14.8. The van der Waals surface area contributed by atoms with Crippen molar-refractivity contribution in [3.63, 3.8) is 0 Å². The Labute approximate surface area is 140 Å². The summed E-state index contributed by atoms with van der Waals surface area (Å²) in [5.41, 5.74) is 2.20. The Kier molecular flexibility index (Phi) is 8.32. The van der Waals surface area contributed by atoms with Gasteiger partial charge in [-0.25, -0.2) is 4.57 Å². The molecule has 2 N–H and O–H groups in total. The molecule has 2 unspecified atom stereocenters. The maximum atomic E-state index is 11.4. The van der Waals surface area contributed by atoms with E-state index in [1.54, 1.807) is 6.07 Å². The average molecular weight is 342 g/mol. The molecule has 0 aliphatic rings. The van der Waals surface area contributed by atoms with E-state index in [-0.39, 0.29) is 5.92 Å². The van der Waals surface area contributed by atoms with Crippen molar-refractivity contribution in [2.75, 3.05) is 0 Å². The number of phosphoric ester groups is 1. The third-order valence-electron chi connectivity index (χ3n) is 4.43. The van der Waals surface area contributed by atoms with E-state index in [2.05, 4.69) is 33.8 Å². The average Bonchev–Trinajstić information content (AvgIpc) is 2.49. The summed E-state index contributed by atoms with van der Waals surface area (Å²) < 4.78 is 16.4. The largest absolute Gasteiger partial charge is 0.524 e. The van der Waals surface area contributed by atoms with Crippen LogP contribution in [-0.2, 0) is 4.57 Å². The van der Waals surface area contributed by atoms with Crippen molar-refractivity contribution in [2.24, 2.45) is 0 Å². The van der Waals surface area contributed by atoms with Gasteiger partial charge in [-0.2, -0.15) is 0 Å². The lowest BCUT2D eigenvalue weighted by molar-refractivity contribution is 0.281. The Morgan fingerprint density at radius 1 is 1.00 bits per heavy atom. The molecule has 23 heavy (non-hydrogen) atoms. The van der Waals surface area contributed by atoms with Gasteiger partial charge in [-0.15, -0.1) is 0 Å². The molecule has 5 heteroatoms. The standard InChI is InChI=1S/C18H31O4P/c1-5-10-14(7-3)16-12-9-13-17(22-23(19,20)21)18(16)15(8-4)11-6-2/h9,12-15H,5-8,10-11H2,1-4H3,(H2,19,20,21). The van der Waals surface area contributed by atoms with E-state index in [0.717, 1.165) is 44.1 Å².